The first kappa shape index (κ1) is 13.6. The number of nitrogens with zero attached hydrogens (tertiary/aromatic N) is 2. The van der Waals surface area contributed by atoms with Gasteiger partial charge in [0, 0.05) is 19.7 Å². The van der Waals surface area contributed by atoms with Gasteiger partial charge in [0.2, 0.25) is 0 Å². The normalized spacial score (nSPS) is 10.4. The molecule has 0 fully saturated rings. The molecule has 1 aromatic rings. The fourth-order valence-electron chi connectivity index (χ4n) is 0.877. The Balaban J connectivity index is 0.00000196. The number of nitrogens with two attached hydrogens (primary N) is 1. The molecule has 82 valence electrons. The van der Waals surface area contributed by atoms with Crippen LogP contribution in [0.15, 0.2) is 35.3 Å². The zero-order valence-corrected chi connectivity index (χ0v) is 9.08. The summed E-state index contributed by atoms with van der Waals surface area (Å²) < 4.78 is 0. The quantitative estimate of drug-likeness (QED) is 0.449. The van der Waals surface area contributed by atoms with E-state index >= 15 is 0 Å². The van der Waals surface area contributed by atoms with Crippen LogP contribution in [0.1, 0.15) is 13.0 Å². The molecule has 0 aromatic heterocycles. The number of amidine groups is 1. The smallest absolute Gasteiger partial charge is 0.196 e. The van der Waals surface area contributed by atoms with E-state index in [0.29, 0.717) is 10.9 Å². The highest BCUT2D eigenvalue weighted by atomic mass is 32.1. The third-order valence-electron chi connectivity index (χ3n) is 1.67. The number of hydrogen-bond acceptors (Lipinski definition) is 1. The average Bonchev–Trinajstić information content (AvgIpc) is 2.19. The Morgan fingerprint density at radius 1 is 1.27 bits per heavy atom. The molecule has 0 spiro atoms. The highest BCUT2D eigenvalue weighted by Crippen LogP contribution is 1.98. The van der Waals surface area contributed by atoms with Crippen molar-refractivity contribution in [3.05, 3.63) is 35.9 Å². The lowest BCUT2D eigenvalue weighted by Gasteiger charge is -2.09. The average molecular weight is 223 g/mol. The molecular formula is C11H17N3S. The van der Waals surface area contributed by atoms with Crippen molar-refractivity contribution in [2.45, 2.75) is 7.43 Å². The van der Waals surface area contributed by atoms with Crippen molar-refractivity contribution >= 4 is 23.2 Å². The van der Waals surface area contributed by atoms with Gasteiger partial charge in [0.15, 0.2) is 5.11 Å². The Hall–Kier alpha value is -1.42. The summed E-state index contributed by atoms with van der Waals surface area (Å²) in [4.78, 5) is 5.84. The van der Waals surface area contributed by atoms with E-state index in [1.807, 2.05) is 44.4 Å². The third kappa shape index (κ3) is 4.08. The maximum Gasteiger partial charge on any atom is 0.196 e. The topological polar surface area (TPSA) is 41.6 Å². The Morgan fingerprint density at radius 2 is 1.80 bits per heavy atom. The zero-order chi connectivity index (χ0) is 10.6. The van der Waals surface area contributed by atoms with Crippen molar-refractivity contribution in [1.82, 2.24) is 4.90 Å². The molecule has 0 unspecified atom stereocenters. The van der Waals surface area contributed by atoms with Crippen LogP contribution in [0.4, 0.5) is 0 Å². The maximum absolute atomic E-state index is 5.77. The highest BCUT2D eigenvalue weighted by molar-refractivity contribution is 7.80. The lowest BCUT2D eigenvalue weighted by molar-refractivity contribution is 0.628. The van der Waals surface area contributed by atoms with Crippen LogP contribution in [0.25, 0.3) is 0 Å². The third-order valence-corrected chi connectivity index (χ3v) is 2.12. The van der Waals surface area contributed by atoms with Crippen molar-refractivity contribution in [1.29, 1.82) is 0 Å². The minimum Gasteiger partial charge on any atom is -0.383 e. The summed E-state index contributed by atoms with van der Waals surface area (Å²) >= 11 is 5.01. The molecule has 0 saturated heterocycles. The molecule has 0 aliphatic carbocycles. The van der Waals surface area contributed by atoms with E-state index in [1.54, 1.807) is 4.90 Å². The predicted molar refractivity (Wildman–Crippen MR) is 70.2 cm³/mol. The molecule has 0 bridgehead atoms. The number of aliphatic imine (C=N–C) groups is 1. The van der Waals surface area contributed by atoms with Gasteiger partial charge in [-0.15, -0.1) is 0 Å². The fourth-order valence-corrected chi connectivity index (χ4v) is 0.975. The molecule has 2 N–H and O–H groups in total. The van der Waals surface area contributed by atoms with Gasteiger partial charge >= 0.3 is 0 Å². The van der Waals surface area contributed by atoms with Crippen LogP contribution in [-0.4, -0.2) is 29.9 Å². The molecule has 0 saturated carbocycles. The Morgan fingerprint density at radius 3 is 2.27 bits per heavy atom. The van der Waals surface area contributed by atoms with Gasteiger partial charge in [0.1, 0.15) is 5.84 Å². The molecule has 3 nitrogen and oxygen atoms in total. The lowest BCUT2D eigenvalue weighted by atomic mass is 10.2. The van der Waals surface area contributed by atoms with Gasteiger partial charge in [0.25, 0.3) is 0 Å². The van der Waals surface area contributed by atoms with E-state index in [0.717, 1.165) is 5.56 Å². The van der Waals surface area contributed by atoms with E-state index in [-0.39, 0.29) is 7.43 Å². The molecule has 0 aliphatic heterocycles. The lowest BCUT2D eigenvalue weighted by Crippen LogP contribution is -2.22. The summed E-state index contributed by atoms with van der Waals surface area (Å²) in [6, 6.07) is 9.56. The van der Waals surface area contributed by atoms with Crippen molar-refractivity contribution in [3.8, 4) is 0 Å². The van der Waals surface area contributed by atoms with Crippen molar-refractivity contribution in [2.75, 3.05) is 14.1 Å². The van der Waals surface area contributed by atoms with Crippen LogP contribution in [0, 0.1) is 0 Å². The minimum atomic E-state index is 0. The van der Waals surface area contributed by atoms with Crippen LogP contribution >= 0.6 is 12.2 Å². The molecule has 1 aromatic carbocycles. The van der Waals surface area contributed by atoms with Gasteiger partial charge in [-0.2, -0.15) is 0 Å². The SMILES string of the molecule is C.CN(C)C(=S)N=C(N)c1ccccc1. The molecule has 0 heterocycles. The second-order valence-electron chi connectivity index (χ2n) is 3.04. The summed E-state index contributed by atoms with van der Waals surface area (Å²) in [7, 11) is 3.67. The van der Waals surface area contributed by atoms with Crippen LogP contribution in [0.3, 0.4) is 0 Å². The van der Waals surface area contributed by atoms with Gasteiger partial charge in [-0.3, -0.25) is 0 Å². The maximum atomic E-state index is 5.77. The summed E-state index contributed by atoms with van der Waals surface area (Å²) in [6.45, 7) is 0. The van der Waals surface area contributed by atoms with Crippen molar-refractivity contribution in [2.24, 2.45) is 10.7 Å². The Labute approximate surface area is 96.6 Å². The van der Waals surface area contributed by atoms with Crippen LogP contribution in [0.5, 0.6) is 0 Å². The summed E-state index contributed by atoms with van der Waals surface area (Å²) in [5.74, 6) is 0.448. The molecular weight excluding hydrogens is 206 g/mol. The van der Waals surface area contributed by atoms with Gasteiger partial charge in [-0.1, -0.05) is 37.8 Å². The van der Waals surface area contributed by atoms with Gasteiger partial charge in [-0.05, 0) is 12.2 Å². The second-order valence-corrected chi connectivity index (χ2v) is 3.41. The predicted octanol–water partition coefficient (Wildman–Crippen LogP) is 1.87. The van der Waals surface area contributed by atoms with E-state index < -0.39 is 0 Å². The summed E-state index contributed by atoms with van der Waals surface area (Å²) in [6.07, 6.45) is 0. The largest absolute Gasteiger partial charge is 0.383 e. The van der Waals surface area contributed by atoms with Crippen LogP contribution in [0.2, 0.25) is 0 Å². The molecule has 0 amide bonds. The van der Waals surface area contributed by atoms with E-state index in [1.165, 1.54) is 0 Å². The molecule has 1 rings (SSSR count). The highest BCUT2D eigenvalue weighted by Gasteiger charge is 2.00. The van der Waals surface area contributed by atoms with Crippen LogP contribution in [-0.2, 0) is 0 Å². The molecule has 0 radical (unpaired) electrons. The number of rotatable bonds is 1. The van der Waals surface area contributed by atoms with Gasteiger partial charge in [-0.25, -0.2) is 4.99 Å². The summed E-state index contributed by atoms with van der Waals surface area (Å²) in [5, 5.41) is 0.478. The van der Waals surface area contributed by atoms with Crippen molar-refractivity contribution < 1.29 is 0 Å². The number of benzene rings is 1. The minimum absolute atomic E-state index is 0. The summed E-state index contributed by atoms with van der Waals surface area (Å²) in [5.41, 5.74) is 6.66. The van der Waals surface area contributed by atoms with Gasteiger partial charge in [0.05, 0.1) is 0 Å². The zero-order valence-electron chi connectivity index (χ0n) is 8.27. The van der Waals surface area contributed by atoms with Crippen molar-refractivity contribution in [3.63, 3.8) is 0 Å². The van der Waals surface area contributed by atoms with E-state index in [9.17, 15) is 0 Å². The molecule has 4 heteroatoms. The monoisotopic (exact) mass is 223 g/mol. The molecule has 15 heavy (non-hydrogen) atoms. The standard InChI is InChI=1S/C10H13N3S.CH4/c1-13(2)10(14)12-9(11)8-6-4-3-5-7-8;/h3-7H,1-2H3,(H2,11,12,14);1H4. The number of hydrogen-bond donors (Lipinski definition) is 1. The first-order valence-electron chi connectivity index (χ1n) is 4.22. The van der Waals surface area contributed by atoms with E-state index in [2.05, 4.69) is 4.99 Å². The number of thiocarbonyl (C=S) groups is 1. The van der Waals surface area contributed by atoms with Crippen LogP contribution < -0.4 is 5.73 Å². The fraction of sp³-hybridized carbons (Fsp3) is 0.273. The van der Waals surface area contributed by atoms with E-state index in [4.69, 9.17) is 18.0 Å². The Kier molecular flexibility index (Phi) is 5.56. The first-order chi connectivity index (χ1) is 6.61. The van der Waals surface area contributed by atoms with Gasteiger partial charge < -0.3 is 10.6 Å². The second kappa shape index (κ2) is 6.14. The molecule has 0 atom stereocenters. The first-order valence-corrected chi connectivity index (χ1v) is 4.63. The Bertz CT molecular complexity index is 344. The molecule has 0 aliphatic rings.